The zero-order valence-electron chi connectivity index (χ0n) is 12.2. The van der Waals surface area contributed by atoms with E-state index in [0.29, 0.717) is 5.92 Å². The minimum absolute atomic E-state index is 0.0570. The molecule has 0 aromatic heterocycles. The topological polar surface area (TPSA) is 29.1 Å². The summed E-state index contributed by atoms with van der Waals surface area (Å²) in [6.07, 6.45) is 3.48. The Morgan fingerprint density at radius 2 is 1.86 bits per heavy atom. The number of nitrogens with one attached hydrogen (secondary N) is 1. The molecule has 1 fully saturated rings. The van der Waals surface area contributed by atoms with Gasteiger partial charge in [-0.05, 0) is 66.5 Å². The third kappa shape index (κ3) is 2.25. The van der Waals surface area contributed by atoms with Gasteiger partial charge in [-0.1, -0.05) is 30.3 Å². The highest BCUT2D eigenvalue weighted by molar-refractivity contribution is 5.96. The average molecular weight is 277 g/mol. The Kier molecular flexibility index (Phi) is 2.85. The second-order valence-electron chi connectivity index (χ2n) is 6.31. The highest BCUT2D eigenvalue weighted by Crippen LogP contribution is 2.37. The molecule has 106 valence electrons. The molecular weight excluding hydrogens is 258 g/mol. The van der Waals surface area contributed by atoms with E-state index < -0.39 is 0 Å². The maximum Gasteiger partial charge on any atom is 0.251 e. The van der Waals surface area contributed by atoms with E-state index in [2.05, 4.69) is 48.6 Å². The van der Waals surface area contributed by atoms with Crippen LogP contribution in [0.3, 0.4) is 0 Å². The Morgan fingerprint density at radius 1 is 1.10 bits per heavy atom. The Bertz CT molecular complexity index is 715. The molecule has 0 heterocycles. The van der Waals surface area contributed by atoms with Crippen LogP contribution in [0.2, 0.25) is 0 Å². The molecule has 2 aromatic rings. The van der Waals surface area contributed by atoms with Crippen LogP contribution < -0.4 is 5.32 Å². The summed E-state index contributed by atoms with van der Waals surface area (Å²) in [5, 5.41) is 3.13. The highest BCUT2D eigenvalue weighted by Gasteiger charge is 2.29. The van der Waals surface area contributed by atoms with Crippen LogP contribution in [0, 0.1) is 5.92 Å². The molecule has 1 saturated carbocycles. The van der Waals surface area contributed by atoms with Crippen molar-refractivity contribution in [3.63, 3.8) is 0 Å². The molecule has 2 nitrogen and oxygen atoms in total. The third-order valence-corrected chi connectivity index (χ3v) is 4.75. The van der Waals surface area contributed by atoms with Crippen molar-refractivity contribution in [1.29, 1.82) is 0 Å². The molecule has 1 atom stereocenters. The number of carbonyl (C=O) groups excluding carboxylic acids is 1. The van der Waals surface area contributed by atoms with Gasteiger partial charge in [0.15, 0.2) is 0 Å². The van der Waals surface area contributed by atoms with Crippen molar-refractivity contribution in [2.45, 2.75) is 32.2 Å². The quantitative estimate of drug-likeness (QED) is 0.775. The van der Waals surface area contributed by atoms with Crippen LogP contribution in [0.1, 0.15) is 41.3 Å². The summed E-state index contributed by atoms with van der Waals surface area (Å²) >= 11 is 0. The molecule has 0 aliphatic heterocycles. The fourth-order valence-electron chi connectivity index (χ4n) is 3.27. The second-order valence-corrected chi connectivity index (χ2v) is 6.31. The second kappa shape index (κ2) is 4.73. The van der Waals surface area contributed by atoms with Crippen LogP contribution in [-0.4, -0.2) is 11.9 Å². The van der Waals surface area contributed by atoms with Gasteiger partial charge in [0.2, 0.25) is 0 Å². The SMILES string of the molecule is CC(NC(=O)c1ccc2c(c1)-c1ccccc1C2)C1CC1. The molecule has 1 unspecified atom stereocenters. The van der Waals surface area contributed by atoms with Gasteiger partial charge in [-0.25, -0.2) is 0 Å². The summed E-state index contributed by atoms with van der Waals surface area (Å²) in [7, 11) is 0. The normalized spacial score (nSPS) is 17.0. The monoisotopic (exact) mass is 277 g/mol. The number of hydrogen-bond acceptors (Lipinski definition) is 1. The van der Waals surface area contributed by atoms with Crippen LogP contribution in [0.5, 0.6) is 0 Å². The lowest BCUT2D eigenvalue weighted by molar-refractivity contribution is 0.0936. The largest absolute Gasteiger partial charge is 0.349 e. The zero-order chi connectivity index (χ0) is 14.4. The third-order valence-electron chi connectivity index (χ3n) is 4.75. The fourth-order valence-corrected chi connectivity index (χ4v) is 3.27. The Hall–Kier alpha value is -2.09. The molecule has 0 radical (unpaired) electrons. The van der Waals surface area contributed by atoms with E-state index >= 15 is 0 Å². The summed E-state index contributed by atoms with van der Waals surface area (Å²) in [5.74, 6) is 0.741. The van der Waals surface area contributed by atoms with Crippen molar-refractivity contribution < 1.29 is 4.79 Å². The summed E-state index contributed by atoms with van der Waals surface area (Å²) in [5.41, 5.74) is 5.95. The molecule has 0 bridgehead atoms. The van der Waals surface area contributed by atoms with Crippen molar-refractivity contribution in [3.05, 3.63) is 59.2 Å². The van der Waals surface area contributed by atoms with Crippen molar-refractivity contribution in [3.8, 4) is 11.1 Å². The lowest BCUT2D eigenvalue weighted by Crippen LogP contribution is -2.33. The summed E-state index contributed by atoms with van der Waals surface area (Å²) < 4.78 is 0. The summed E-state index contributed by atoms with van der Waals surface area (Å²) in [4.78, 5) is 12.4. The average Bonchev–Trinajstić information content (AvgIpc) is 3.28. The van der Waals surface area contributed by atoms with Crippen LogP contribution in [0.4, 0.5) is 0 Å². The van der Waals surface area contributed by atoms with E-state index in [1.165, 1.54) is 35.1 Å². The molecule has 2 aliphatic rings. The van der Waals surface area contributed by atoms with E-state index in [4.69, 9.17) is 0 Å². The van der Waals surface area contributed by atoms with E-state index in [9.17, 15) is 4.79 Å². The molecule has 2 aliphatic carbocycles. The summed E-state index contributed by atoms with van der Waals surface area (Å²) in [6, 6.07) is 14.9. The number of rotatable bonds is 3. The van der Waals surface area contributed by atoms with Gasteiger partial charge in [-0.2, -0.15) is 0 Å². The first kappa shape index (κ1) is 12.6. The molecule has 0 spiro atoms. The van der Waals surface area contributed by atoms with Gasteiger partial charge in [0.05, 0.1) is 0 Å². The lowest BCUT2D eigenvalue weighted by atomic mass is 10.0. The van der Waals surface area contributed by atoms with Gasteiger partial charge in [-0.3, -0.25) is 4.79 Å². The van der Waals surface area contributed by atoms with Gasteiger partial charge in [0.1, 0.15) is 0 Å². The van der Waals surface area contributed by atoms with E-state index in [0.717, 1.165) is 12.0 Å². The van der Waals surface area contributed by atoms with E-state index in [-0.39, 0.29) is 11.9 Å². The first-order valence-electron chi connectivity index (χ1n) is 7.74. The van der Waals surface area contributed by atoms with Gasteiger partial charge < -0.3 is 5.32 Å². The number of fused-ring (bicyclic) bond motifs is 3. The predicted octanol–water partition coefficient (Wildman–Crippen LogP) is 3.79. The van der Waals surface area contributed by atoms with Gasteiger partial charge in [-0.15, -0.1) is 0 Å². The van der Waals surface area contributed by atoms with Crippen LogP contribution in [-0.2, 0) is 6.42 Å². The van der Waals surface area contributed by atoms with Gasteiger partial charge in [0.25, 0.3) is 5.91 Å². The van der Waals surface area contributed by atoms with Crippen molar-refractivity contribution in [2.24, 2.45) is 5.92 Å². The minimum atomic E-state index is 0.0570. The van der Waals surface area contributed by atoms with Crippen LogP contribution in [0.25, 0.3) is 11.1 Å². The predicted molar refractivity (Wildman–Crippen MR) is 84.3 cm³/mol. The standard InChI is InChI=1S/C19H19NO/c1-12(13-6-7-13)20-19(21)16-9-8-15-10-14-4-2-3-5-17(14)18(15)11-16/h2-5,8-9,11-13H,6-7,10H2,1H3,(H,20,21). The fraction of sp³-hybridized carbons (Fsp3) is 0.316. The minimum Gasteiger partial charge on any atom is -0.349 e. The van der Waals surface area contributed by atoms with Crippen LogP contribution in [0.15, 0.2) is 42.5 Å². The maximum atomic E-state index is 12.4. The van der Waals surface area contributed by atoms with Crippen molar-refractivity contribution in [2.75, 3.05) is 0 Å². The molecular formula is C19H19NO. The van der Waals surface area contributed by atoms with Crippen molar-refractivity contribution in [1.82, 2.24) is 5.32 Å². The van der Waals surface area contributed by atoms with Crippen LogP contribution >= 0.6 is 0 Å². The molecule has 4 rings (SSSR count). The first-order chi connectivity index (χ1) is 10.2. The number of benzene rings is 2. The molecule has 1 amide bonds. The zero-order valence-corrected chi connectivity index (χ0v) is 12.2. The molecule has 2 heteroatoms. The Balaban J connectivity index is 1.63. The summed E-state index contributed by atoms with van der Waals surface area (Å²) in [6.45, 7) is 2.11. The van der Waals surface area contributed by atoms with E-state index in [1.54, 1.807) is 0 Å². The molecule has 2 aromatic carbocycles. The number of hydrogen-bond donors (Lipinski definition) is 1. The lowest BCUT2D eigenvalue weighted by Gasteiger charge is -2.13. The first-order valence-corrected chi connectivity index (χ1v) is 7.74. The molecule has 21 heavy (non-hydrogen) atoms. The van der Waals surface area contributed by atoms with Crippen molar-refractivity contribution >= 4 is 5.91 Å². The Labute approximate surface area is 125 Å². The number of carbonyl (C=O) groups is 1. The highest BCUT2D eigenvalue weighted by atomic mass is 16.1. The number of amides is 1. The van der Waals surface area contributed by atoms with Gasteiger partial charge in [0, 0.05) is 11.6 Å². The Morgan fingerprint density at radius 3 is 2.67 bits per heavy atom. The molecule has 1 N–H and O–H groups in total. The smallest absolute Gasteiger partial charge is 0.251 e. The van der Waals surface area contributed by atoms with E-state index in [1.807, 2.05) is 6.07 Å². The maximum absolute atomic E-state index is 12.4. The van der Waals surface area contributed by atoms with Gasteiger partial charge >= 0.3 is 0 Å². The molecule has 0 saturated heterocycles.